The highest BCUT2D eigenvalue weighted by Crippen LogP contribution is 2.67. The quantitative estimate of drug-likeness (QED) is 0.529. The fraction of sp³-hybridized carbons (Fsp3) is 0.926. The molecule has 0 radical (unpaired) electrons. The molecule has 3 N–H and O–H groups in total. The molecular weight excluding hydrogens is 372 g/mol. The second-order valence-electron chi connectivity index (χ2n) is 12.6. The number of hydrogen-bond donors (Lipinski definition) is 3. The van der Waals surface area contributed by atoms with Crippen molar-refractivity contribution in [3.8, 4) is 0 Å². The molecule has 0 unspecified atom stereocenters. The van der Waals surface area contributed by atoms with Crippen LogP contribution in [0.25, 0.3) is 0 Å². The summed E-state index contributed by atoms with van der Waals surface area (Å²) in [6.45, 7) is 11.2. The van der Waals surface area contributed by atoms with Crippen molar-refractivity contribution < 1.29 is 15.3 Å². The third-order valence-corrected chi connectivity index (χ3v) is 10.7. The lowest BCUT2D eigenvalue weighted by molar-refractivity contribution is -0.0651. The van der Waals surface area contributed by atoms with Gasteiger partial charge in [-0.3, -0.25) is 0 Å². The molecule has 4 rings (SSSR count). The highest BCUT2D eigenvalue weighted by molar-refractivity contribution is 5.25. The fourth-order valence-corrected chi connectivity index (χ4v) is 8.82. The van der Waals surface area contributed by atoms with Gasteiger partial charge in [0.2, 0.25) is 0 Å². The van der Waals surface area contributed by atoms with Gasteiger partial charge in [0.25, 0.3) is 0 Å². The van der Waals surface area contributed by atoms with Gasteiger partial charge in [-0.2, -0.15) is 0 Å². The molecule has 3 fully saturated rings. The van der Waals surface area contributed by atoms with E-state index in [1.807, 2.05) is 13.8 Å². The number of aliphatic hydroxyl groups is 3. The van der Waals surface area contributed by atoms with E-state index in [0.717, 1.165) is 43.4 Å². The van der Waals surface area contributed by atoms with Crippen LogP contribution in [0, 0.1) is 46.3 Å². The normalized spacial score (nSPS) is 45.7. The van der Waals surface area contributed by atoms with Crippen LogP contribution in [0.4, 0.5) is 0 Å². The third-order valence-electron chi connectivity index (χ3n) is 10.7. The lowest BCUT2D eigenvalue weighted by Crippen LogP contribution is -2.51. The molecule has 9 atom stereocenters. The topological polar surface area (TPSA) is 60.7 Å². The van der Waals surface area contributed by atoms with Crippen LogP contribution >= 0.6 is 0 Å². The van der Waals surface area contributed by atoms with E-state index in [1.54, 1.807) is 5.57 Å². The van der Waals surface area contributed by atoms with Crippen LogP contribution in [0.5, 0.6) is 0 Å². The highest BCUT2D eigenvalue weighted by Gasteiger charge is 2.59. The van der Waals surface area contributed by atoms with Crippen LogP contribution in [0.15, 0.2) is 11.6 Å². The van der Waals surface area contributed by atoms with Crippen LogP contribution in [-0.2, 0) is 0 Å². The minimum Gasteiger partial charge on any atom is -0.396 e. The van der Waals surface area contributed by atoms with Crippen molar-refractivity contribution in [3.05, 3.63) is 11.6 Å². The molecule has 4 aliphatic rings. The number of allylic oxidation sites excluding steroid dienone is 1. The van der Waals surface area contributed by atoms with Crippen molar-refractivity contribution in [1.29, 1.82) is 0 Å². The van der Waals surface area contributed by atoms with Gasteiger partial charge in [0.15, 0.2) is 0 Å². The molecule has 4 aliphatic carbocycles. The SMILES string of the molecule is C[C@H](C[C@@H](CO)C(C)(C)O)[C@H]1CC[C@H]2[C@@H]3CC=C4C[C@@H](O)CC[C@]4(C)[C@H]3CC[C@]12C. The lowest BCUT2D eigenvalue weighted by Gasteiger charge is -2.58. The number of hydrogen-bond acceptors (Lipinski definition) is 3. The largest absolute Gasteiger partial charge is 0.396 e. The van der Waals surface area contributed by atoms with Gasteiger partial charge in [-0.05, 0) is 112 Å². The zero-order valence-corrected chi connectivity index (χ0v) is 20.0. The molecule has 3 saturated carbocycles. The molecule has 0 aromatic rings. The molecule has 0 heterocycles. The minimum absolute atomic E-state index is 0.0424. The van der Waals surface area contributed by atoms with Crippen molar-refractivity contribution in [3.63, 3.8) is 0 Å². The van der Waals surface area contributed by atoms with E-state index in [1.165, 1.54) is 32.1 Å². The maximum Gasteiger partial charge on any atom is 0.0641 e. The Bertz CT molecular complexity index is 664. The van der Waals surface area contributed by atoms with Crippen molar-refractivity contribution >= 4 is 0 Å². The Balaban J connectivity index is 1.53. The average molecular weight is 419 g/mol. The molecular formula is C27H46O3. The Morgan fingerprint density at radius 3 is 2.50 bits per heavy atom. The van der Waals surface area contributed by atoms with Gasteiger partial charge in [0.05, 0.1) is 11.7 Å². The zero-order valence-electron chi connectivity index (χ0n) is 20.0. The Morgan fingerprint density at radius 1 is 1.10 bits per heavy atom. The molecule has 30 heavy (non-hydrogen) atoms. The summed E-state index contributed by atoms with van der Waals surface area (Å²) in [6.07, 6.45) is 12.9. The van der Waals surface area contributed by atoms with E-state index < -0.39 is 5.60 Å². The first-order valence-electron chi connectivity index (χ1n) is 12.7. The van der Waals surface area contributed by atoms with Gasteiger partial charge in [-0.25, -0.2) is 0 Å². The molecule has 0 amide bonds. The first-order chi connectivity index (χ1) is 14.0. The van der Waals surface area contributed by atoms with Gasteiger partial charge < -0.3 is 15.3 Å². The molecule has 0 aliphatic heterocycles. The second-order valence-corrected chi connectivity index (χ2v) is 12.6. The zero-order chi connectivity index (χ0) is 21.9. The average Bonchev–Trinajstić information content (AvgIpc) is 3.03. The Labute approximate surface area is 184 Å². The van der Waals surface area contributed by atoms with Crippen molar-refractivity contribution in [2.24, 2.45) is 46.3 Å². The van der Waals surface area contributed by atoms with E-state index in [9.17, 15) is 15.3 Å². The van der Waals surface area contributed by atoms with Crippen molar-refractivity contribution in [1.82, 2.24) is 0 Å². The second kappa shape index (κ2) is 7.89. The van der Waals surface area contributed by atoms with Gasteiger partial charge in [0, 0.05) is 12.5 Å². The maximum atomic E-state index is 10.5. The molecule has 0 saturated heterocycles. The summed E-state index contributed by atoms with van der Waals surface area (Å²) in [7, 11) is 0. The van der Waals surface area contributed by atoms with Crippen LogP contribution in [0.3, 0.4) is 0 Å². The first-order valence-corrected chi connectivity index (χ1v) is 12.7. The van der Waals surface area contributed by atoms with E-state index >= 15 is 0 Å². The smallest absolute Gasteiger partial charge is 0.0641 e. The third kappa shape index (κ3) is 3.61. The molecule has 0 bridgehead atoms. The fourth-order valence-electron chi connectivity index (χ4n) is 8.82. The van der Waals surface area contributed by atoms with Gasteiger partial charge in [0.1, 0.15) is 0 Å². The standard InChI is InChI=1S/C27H46O3/c1-17(14-19(16-28)25(2,3)30)22-8-9-23-21-7-6-18-15-20(29)10-12-26(18,4)24(21)11-13-27(22,23)5/h6,17,19-24,28-30H,7-16H2,1-5H3/t17-,19+,20+,21+,22-,23+,24+,26+,27-/m1/s1. The summed E-state index contributed by atoms with van der Waals surface area (Å²) in [4.78, 5) is 0. The van der Waals surface area contributed by atoms with E-state index in [4.69, 9.17) is 0 Å². The van der Waals surface area contributed by atoms with Crippen LogP contribution in [0.2, 0.25) is 0 Å². The Kier molecular flexibility index (Phi) is 5.99. The maximum absolute atomic E-state index is 10.5. The first kappa shape index (κ1) is 22.8. The predicted molar refractivity (Wildman–Crippen MR) is 122 cm³/mol. The molecule has 3 heteroatoms. The summed E-state index contributed by atoms with van der Waals surface area (Å²) in [6, 6.07) is 0. The van der Waals surface area contributed by atoms with E-state index in [0.29, 0.717) is 22.7 Å². The minimum atomic E-state index is -0.815. The number of rotatable bonds is 5. The molecule has 0 aromatic carbocycles. The Morgan fingerprint density at radius 2 is 1.83 bits per heavy atom. The summed E-state index contributed by atoms with van der Waals surface area (Å²) in [5.74, 6) is 3.59. The van der Waals surface area contributed by atoms with E-state index in [-0.39, 0.29) is 18.6 Å². The van der Waals surface area contributed by atoms with Crippen LogP contribution in [-0.4, -0.2) is 33.6 Å². The summed E-state index contributed by atoms with van der Waals surface area (Å²) in [5, 5.41) is 30.6. The monoisotopic (exact) mass is 418 g/mol. The van der Waals surface area contributed by atoms with Gasteiger partial charge >= 0.3 is 0 Å². The predicted octanol–water partition coefficient (Wildman–Crippen LogP) is 5.33. The number of fused-ring (bicyclic) bond motifs is 5. The molecule has 0 spiro atoms. The molecule has 172 valence electrons. The van der Waals surface area contributed by atoms with Crippen LogP contribution < -0.4 is 0 Å². The summed E-state index contributed by atoms with van der Waals surface area (Å²) >= 11 is 0. The van der Waals surface area contributed by atoms with Gasteiger partial charge in [-0.15, -0.1) is 0 Å². The summed E-state index contributed by atoms with van der Waals surface area (Å²) < 4.78 is 0. The highest BCUT2D eigenvalue weighted by atomic mass is 16.3. The van der Waals surface area contributed by atoms with Crippen molar-refractivity contribution in [2.75, 3.05) is 6.61 Å². The molecule has 3 nitrogen and oxygen atoms in total. The summed E-state index contributed by atoms with van der Waals surface area (Å²) in [5.41, 5.74) is 1.46. The van der Waals surface area contributed by atoms with E-state index in [2.05, 4.69) is 26.8 Å². The lowest BCUT2D eigenvalue weighted by atomic mass is 9.47. The van der Waals surface area contributed by atoms with Crippen LogP contribution in [0.1, 0.15) is 92.4 Å². The number of aliphatic hydroxyl groups excluding tert-OH is 2. The molecule has 0 aromatic heterocycles. The Hall–Kier alpha value is -0.380. The van der Waals surface area contributed by atoms with Crippen molar-refractivity contribution in [2.45, 2.75) is 104 Å². The van der Waals surface area contributed by atoms with Gasteiger partial charge in [-0.1, -0.05) is 32.4 Å².